The van der Waals surface area contributed by atoms with Crippen molar-refractivity contribution in [1.29, 1.82) is 0 Å². The number of rotatable bonds is 8. The molecule has 23 heavy (non-hydrogen) atoms. The number of hydrogen-bond acceptors (Lipinski definition) is 6. The molecule has 0 spiro atoms. The van der Waals surface area contributed by atoms with Crippen LogP contribution in [0.15, 0.2) is 30.0 Å². The van der Waals surface area contributed by atoms with Gasteiger partial charge in [-0.3, -0.25) is 0 Å². The number of ether oxygens (including phenoxy) is 1. The van der Waals surface area contributed by atoms with Crippen molar-refractivity contribution in [3.63, 3.8) is 0 Å². The summed E-state index contributed by atoms with van der Waals surface area (Å²) in [5.74, 6) is -3.76. The predicted octanol–water partition coefficient (Wildman–Crippen LogP) is 1.89. The fourth-order valence-electron chi connectivity index (χ4n) is 1.64. The molecule has 0 unspecified atom stereocenters. The van der Waals surface area contributed by atoms with E-state index in [0.717, 1.165) is 6.07 Å². The summed E-state index contributed by atoms with van der Waals surface area (Å²) in [6.07, 6.45) is 1.61. The Balaban J connectivity index is 2.56. The summed E-state index contributed by atoms with van der Waals surface area (Å²) in [7, 11) is 0. The number of benzene rings is 1. The number of aliphatic hydroxyl groups excluding tert-OH is 1. The van der Waals surface area contributed by atoms with Gasteiger partial charge in [0.05, 0.1) is 17.7 Å². The van der Waals surface area contributed by atoms with E-state index in [1.54, 1.807) is 0 Å². The van der Waals surface area contributed by atoms with Gasteiger partial charge in [0.15, 0.2) is 5.76 Å². The van der Waals surface area contributed by atoms with Gasteiger partial charge in [-0.05, 0) is 37.6 Å². The topological polar surface area (TPSA) is 133 Å². The van der Waals surface area contributed by atoms with Gasteiger partial charge in [-0.15, -0.1) is 0 Å². The molecule has 0 aliphatic carbocycles. The lowest BCUT2D eigenvalue weighted by Crippen LogP contribution is -2.12. The van der Waals surface area contributed by atoms with Gasteiger partial charge < -0.3 is 25.4 Å². The van der Waals surface area contributed by atoms with Crippen molar-refractivity contribution in [3.8, 4) is 0 Å². The highest BCUT2D eigenvalue weighted by atomic mass is 16.5. The fourth-order valence-corrected chi connectivity index (χ4v) is 1.64. The van der Waals surface area contributed by atoms with Gasteiger partial charge in [0.2, 0.25) is 0 Å². The molecule has 0 fully saturated rings. The summed E-state index contributed by atoms with van der Waals surface area (Å²) in [6, 6.07) is 3.69. The number of carbonyl (C=O) groups excluding carboxylic acids is 1. The molecular formula is C15H17NO7. The van der Waals surface area contributed by atoms with E-state index in [1.807, 2.05) is 0 Å². The first-order chi connectivity index (χ1) is 10.8. The maximum Gasteiger partial charge on any atom is 0.373 e. The molecule has 1 rings (SSSR count). The number of anilines is 1. The predicted molar refractivity (Wildman–Crippen MR) is 80.8 cm³/mol. The Bertz CT molecular complexity index is 604. The fraction of sp³-hybridized carbons (Fsp3) is 0.267. The molecule has 1 aromatic rings. The van der Waals surface area contributed by atoms with Crippen LogP contribution in [0.2, 0.25) is 0 Å². The van der Waals surface area contributed by atoms with Crippen LogP contribution >= 0.6 is 0 Å². The van der Waals surface area contributed by atoms with Crippen molar-refractivity contribution < 1.29 is 34.4 Å². The van der Waals surface area contributed by atoms with Crippen LogP contribution in [0.4, 0.5) is 5.69 Å². The summed E-state index contributed by atoms with van der Waals surface area (Å²) in [4.78, 5) is 33.1. The van der Waals surface area contributed by atoms with E-state index in [-0.39, 0.29) is 17.7 Å². The molecule has 0 atom stereocenters. The van der Waals surface area contributed by atoms with Crippen LogP contribution in [0.1, 0.15) is 34.1 Å². The third-order valence-electron chi connectivity index (χ3n) is 2.79. The lowest BCUT2D eigenvalue weighted by atomic mass is 10.1. The Kier molecular flexibility index (Phi) is 6.60. The summed E-state index contributed by atoms with van der Waals surface area (Å²) in [6.45, 7) is 1.87. The number of hydrogen-bond donors (Lipinski definition) is 4. The van der Waals surface area contributed by atoms with Gasteiger partial charge in [0, 0.05) is 12.2 Å². The lowest BCUT2D eigenvalue weighted by molar-refractivity contribution is -0.142. The Labute approximate surface area is 132 Å². The normalized spacial score (nSPS) is 10.9. The molecule has 0 aromatic heterocycles. The molecule has 0 saturated carbocycles. The zero-order valence-electron chi connectivity index (χ0n) is 12.4. The first kappa shape index (κ1) is 18.0. The van der Waals surface area contributed by atoms with Gasteiger partial charge >= 0.3 is 17.9 Å². The second-order valence-corrected chi connectivity index (χ2v) is 4.50. The van der Waals surface area contributed by atoms with Crippen molar-refractivity contribution >= 4 is 23.6 Å². The average molecular weight is 323 g/mol. The molecule has 0 aliphatic heterocycles. The zero-order chi connectivity index (χ0) is 17.4. The molecule has 0 bridgehead atoms. The minimum absolute atomic E-state index is 0.0497. The quantitative estimate of drug-likeness (QED) is 0.247. The largest absolute Gasteiger partial charge is 0.502 e. The third-order valence-corrected chi connectivity index (χ3v) is 2.79. The van der Waals surface area contributed by atoms with Crippen molar-refractivity contribution in [2.75, 3.05) is 18.5 Å². The number of nitrogens with one attached hydrogen (secondary N) is 1. The molecular weight excluding hydrogens is 306 g/mol. The molecule has 0 radical (unpaired) electrons. The number of carboxylic acid groups (broad SMARTS) is 2. The van der Waals surface area contributed by atoms with E-state index >= 15 is 0 Å². The molecule has 0 amide bonds. The van der Waals surface area contributed by atoms with Crippen LogP contribution in [0.25, 0.3) is 0 Å². The summed E-state index contributed by atoms with van der Waals surface area (Å²) >= 11 is 0. The Morgan fingerprint density at radius 2 is 1.65 bits per heavy atom. The standard InChI is InChI=1S/C15H17NO7/c1-2-12(17)15(22)23-5-3-4-16-11-7-9(13(18)19)6-10(8-11)14(20)21/h2,6-8,16-17H,3-5H2,1H3,(H,18,19)(H,20,21). The van der Waals surface area contributed by atoms with Gasteiger partial charge in [-0.25, -0.2) is 14.4 Å². The van der Waals surface area contributed by atoms with Crippen molar-refractivity contribution in [2.45, 2.75) is 13.3 Å². The van der Waals surface area contributed by atoms with Crippen LogP contribution in [0.3, 0.4) is 0 Å². The number of aromatic carboxylic acids is 2. The van der Waals surface area contributed by atoms with E-state index in [9.17, 15) is 14.4 Å². The lowest BCUT2D eigenvalue weighted by Gasteiger charge is -2.09. The molecule has 0 saturated heterocycles. The second kappa shape index (κ2) is 8.42. The van der Waals surface area contributed by atoms with Crippen molar-refractivity contribution in [1.82, 2.24) is 0 Å². The Hall–Kier alpha value is -3.03. The molecule has 8 nitrogen and oxygen atoms in total. The smallest absolute Gasteiger partial charge is 0.373 e. The van der Waals surface area contributed by atoms with E-state index in [1.165, 1.54) is 25.1 Å². The second-order valence-electron chi connectivity index (χ2n) is 4.50. The SMILES string of the molecule is CC=C(O)C(=O)OCCCNc1cc(C(=O)O)cc(C(=O)O)c1. The van der Waals surface area contributed by atoms with Crippen LogP contribution in [-0.4, -0.2) is 46.4 Å². The van der Waals surface area contributed by atoms with E-state index in [4.69, 9.17) is 20.1 Å². The summed E-state index contributed by atoms with van der Waals surface area (Å²) < 4.78 is 4.77. The first-order valence-electron chi connectivity index (χ1n) is 6.73. The average Bonchev–Trinajstić information content (AvgIpc) is 2.53. The minimum Gasteiger partial charge on any atom is -0.502 e. The Morgan fingerprint density at radius 3 is 2.13 bits per heavy atom. The van der Waals surface area contributed by atoms with Crippen LogP contribution < -0.4 is 5.32 Å². The van der Waals surface area contributed by atoms with Crippen LogP contribution in [-0.2, 0) is 9.53 Å². The van der Waals surface area contributed by atoms with Gasteiger partial charge in [0.1, 0.15) is 0 Å². The zero-order valence-corrected chi connectivity index (χ0v) is 12.4. The van der Waals surface area contributed by atoms with E-state index < -0.39 is 23.7 Å². The first-order valence-corrected chi connectivity index (χ1v) is 6.73. The molecule has 0 aliphatic rings. The monoisotopic (exact) mass is 323 g/mol. The van der Waals surface area contributed by atoms with Gasteiger partial charge in [-0.2, -0.15) is 0 Å². The van der Waals surface area contributed by atoms with E-state index in [0.29, 0.717) is 18.7 Å². The van der Waals surface area contributed by atoms with Crippen molar-refractivity contribution in [3.05, 3.63) is 41.2 Å². The molecule has 0 heterocycles. The number of esters is 1. The maximum atomic E-state index is 11.2. The summed E-state index contributed by atoms with van der Waals surface area (Å²) in [5.41, 5.74) is 0.0543. The molecule has 8 heteroatoms. The highest BCUT2D eigenvalue weighted by molar-refractivity contribution is 5.95. The number of carbonyl (C=O) groups is 3. The van der Waals surface area contributed by atoms with Crippen LogP contribution in [0, 0.1) is 0 Å². The summed E-state index contributed by atoms with van der Waals surface area (Å²) in [5, 5.41) is 29.9. The maximum absolute atomic E-state index is 11.2. The highest BCUT2D eigenvalue weighted by Gasteiger charge is 2.11. The van der Waals surface area contributed by atoms with Crippen molar-refractivity contribution in [2.24, 2.45) is 0 Å². The third kappa shape index (κ3) is 5.70. The Morgan fingerprint density at radius 1 is 1.09 bits per heavy atom. The number of aliphatic hydroxyl groups is 1. The minimum atomic E-state index is -1.23. The highest BCUT2D eigenvalue weighted by Crippen LogP contribution is 2.15. The van der Waals surface area contributed by atoms with Crippen LogP contribution in [0.5, 0.6) is 0 Å². The van der Waals surface area contributed by atoms with Gasteiger partial charge in [-0.1, -0.05) is 0 Å². The number of carboxylic acids is 2. The molecule has 4 N–H and O–H groups in total. The molecule has 124 valence electrons. The van der Waals surface area contributed by atoms with Gasteiger partial charge in [0.25, 0.3) is 0 Å². The van der Waals surface area contributed by atoms with E-state index in [2.05, 4.69) is 5.32 Å². The molecule has 1 aromatic carbocycles. The number of allylic oxidation sites excluding steroid dienone is 1.